The maximum Gasteiger partial charge on any atom is 0.0153 e. The lowest BCUT2D eigenvalue weighted by molar-refractivity contribution is 0.191. The first-order valence-electron chi connectivity index (χ1n) is 6.26. The molecule has 1 saturated carbocycles. The minimum Gasteiger partial charge on any atom is -0.311 e. The first-order valence-corrected chi connectivity index (χ1v) is 6.26. The summed E-state index contributed by atoms with van der Waals surface area (Å²) in [6.07, 6.45) is 8.49. The molecule has 3 unspecified atom stereocenters. The smallest absolute Gasteiger partial charge is 0.0153 e. The second-order valence-electron chi connectivity index (χ2n) is 5.84. The molecule has 0 radical (unpaired) electrons. The SMILES string of the molecule is CC1(NCC2CC3CCC2N3)CCC1. The van der Waals surface area contributed by atoms with Crippen LogP contribution in [-0.2, 0) is 0 Å². The Morgan fingerprint density at radius 3 is 2.71 bits per heavy atom. The lowest BCUT2D eigenvalue weighted by Crippen LogP contribution is -2.50. The summed E-state index contributed by atoms with van der Waals surface area (Å²) < 4.78 is 0. The van der Waals surface area contributed by atoms with Crippen molar-refractivity contribution in [2.45, 2.75) is 63.1 Å². The van der Waals surface area contributed by atoms with Gasteiger partial charge in [-0.25, -0.2) is 0 Å². The first-order chi connectivity index (χ1) is 6.75. The van der Waals surface area contributed by atoms with Crippen molar-refractivity contribution < 1.29 is 0 Å². The fraction of sp³-hybridized carbons (Fsp3) is 1.00. The van der Waals surface area contributed by atoms with Crippen LogP contribution in [0.3, 0.4) is 0 Å². The number of hydrogen-bond acceptors (Lipinski definition) is 2. The highest BCUT2D eigenvalue weighted by atomic mass is 15.1. The zero-order valence-electron chi connectivity index (χ0n) is 9.18. The number of rotatable bonds is 3. The molecule has 3 atom stereocenters. The Morgan fingerprint density at radius 2 is 2.21 bits per heavy atom. The van der Waals surface area contributed by atoms with Crippen LogP contribution in [-0.4, -0.2) is 24.2 Å². The highest BCUT2D eigenvalue weighted by Gasteiger charge is 2.40. The van der Waals surface area contributed by atoms with Crippen LogP contribution in [0.2, 0.25) is 0 Å². The number of hydrogen-bond donors (Lipinski definition) is 2. The van der Waals surface area contributed by atoms with E-state index in [9.17, 15) is 0 Å². The van der Waals surface area contributed by atoms with Gasteiger partial charge in [-0.15, -0.1) is 0 Å². The molecule has 2 N–H and O–H groups in total. The Morgan fingerprint density at radius 1 is 1.36 bits per heavy atom. The van der Waals surface area contributed by atoms with Crippen molar-refractivity contribution in [2.75, 3.05) is 6.54 Å². The molecule has 2 aliphatic heterocycles. The summed E-state index contributed by atoms with van der Waals surface area (Å²) in [6.45, 7) is 3.64. The van der Waals surface area contributed by atoms with Gasteiger partial charge in [0.05, 0.1) is 0 Å². The van der Waals surface area contributed by atoms with E-state index < -0.39 is 0 Å². The van der Waals surface area contributed by atoms with Gasteiger partial charge in [0, 0.05) is 24.2 Å². The van der Waals surface area contributed by atoms with Crippen LogP contribution < -0.4 is 10.6 Å². The van der Waals surface area contributed by atoms with Gasteiger partial charge in [0.15, 0.2) is 0 Å². The van der Waals surface area contributed by atoms with E-state index in [1.54, 1.807) is 0 Å². The highest BCUT2D eigenvalue weighted by Crippen LogP contribution is 2.35. The van der Waals surface area contributed by atoms with Crippen LogP contribution in [0.5, 0.6) is 0 Å². The Bertz CT molecular complexity index is 222. The molecule has 0 aromatic carbocycles. The van der Waals surface area contributed by atoms with E-state index in [2.05, 4.69) is 17.6 Å². The van der Waals surface area contributed by atoms with Gasteiger partial charge in [-0.1, -0.05) is 0 Å². The monoisotopic (exact) mass is 194 g/mol. The minimum absolute atomic E-state index is 0.502. The molecule has 2 heterocycles. The summed E-state index contributed by atoms with van der Waals surface area (Å²) in [7, 11) is 0. The molecule has 2 nitrogen and oxygen atoms in total. The van der Waals surface area contributed by atoms with Crippen molar-refractivity contribution in [1.82, 2.24) is 10.6 Å². The molecule has 2 saturated heterocycles. The van der Waals surface area contributed by atoms with Crippen molar-refractivity contribution >= 4 is 0 Å². The van der Waals surface area contributed by atoms with E-state index in [4.69, 9.17) is 0 Å². The predicted molar refractivity (Wildman–Crippen MR) is 58.3 cm³/mol. The van der Waals surface area contributed by atoms with Gasteiger partial charge >= 0.3 is 0 Å². The zero-order chi connectivity index (χ0) is 9.60. The average molecular weight is 194 g/mol. The van der Waals surface area contributed by atoms with Crippen LogP contribution >= 0.6 is 0 Å². The number of fused-ring (bicyclic) bond motifs is 2. The molecular weight excluding hydrogens is 172 g/mol. The summed E-state index contributed by atoms with van der Waals surface area (Å²) in [4.78, 5) is 0. The van der Waals surface area contributed by atoms with Gasteiger partial charge < -0.3 is 10.6 Å². The molecule has 80 valence electrons. The molecular formula is C12H22N2. The number of nitrogens with one attached hydrogen (secondary N) is 2. The third-order valence-electron chi connectivity index (χ3n) is 4.68. The fourth-order valence-corrected chi connectivity index (χ4v) is 3.42. The molecule has 0 aromatic rings. The summed E-state index contributed by atoms with van der Waals surface area (Å²) in [5.74, 6) is 0.922. The summed E-state index contributed by atoms with van der Waals surface area (Å²) in [6, 6.07) is 1.71. The lowest BCUT2D eigenvalue weighted by Gasteiger charge is -2.40. The molecule has 0 spiro atoms. The van der Waals surface area contributed by atoms with Gasteiger partial charge in [0.25, 0.3) is 0 Å². The second kappa shape index (κ2) is 3.21. The van der Waals surface area contributed by atoms with Crippen LogP contribution in [0.15, 0.2) is 0 Å². The molecule has 3 aliphatic rings. The predicted octanol–water partition coefficient (Wildman–Crippen LogP) is 1.66. The Balaban J connectivity index is 1.49. The quantitative estimate of drug-likeness (QED) is 0.714. The van der Waals surface area contributed by atoms with E-state index >= 15 is 0 Å². The van der Waals surface area contributed by atoms with Crippen LogP contribution in [0, 0.1) is 5.92 Å². The molecule has 1 aliphatic carbocycles. The van der Waals surface area contributed by atoms with Crippen molar-refractivity contribution in [1.29, 1.82) is 0 Å². The minimum atomic E-state index is 0.502. The molecule has 0 aromatic heterocycles. The molecule has 3 rings (SSSR count). The maximum absolute atomic E-state index is 3.78. The molecule has 2 heteroatoms. The van der Waals surface area contributed by atoms with Crippen molar-refractivity contribution in [3.63, 3.8) is 0 Å². The zero-order valence-corrected chi connectivity index (χ0v) is 9.18. The molecule has 3 fully saturated rings. The van der Waals surface area contributed by atoms with E-state index in [0.717, 1.165) is 18.0 Å². The molecule has 0 amide bonds. The van der Waals surface area contributed by atoms with Crippen molar-refractivity contribution in [3.05, 3.63) is 0 Å². The summed E-state index contributed by atoms with van der Waals surface area (Å²) >= 11 is 0. The maximum atomic E-state index is 3.78. The summed E-state index contributed by atoms with van der Waals surface area (Å²) in [5, 5.41) is 7.49. The van der Waals surface area contributed by atoms with E-state index in [1.165, 1.54) is 45.1 Å². The average Bonchev–Trinajstić information content (AvgIpc) is 2.72. The van der Waals surface area contributed by atoms with Crippen molar-refractivity contribution in [2.24, 2.45) is 5.92 Å². The van der Waals surface area contributed by atoms with Gasteiger partial charge in [-0.05, 0) is 51.4 Å². The van der Waals surface area contributed by atoms with Crippen LogP contribution in [0.25, 0.3) is 0 Å². The van der Waals surface area contributed by atoms with Gasteiger partial charge in [-0.3, -0.25) is 0 Å². The topological polar surface area (TPSA) is 24.1 Å². The Labute approximate surface area is 86.8 Å². The normalized spacial score (nSPS) is 43.9. The van der Waals surface area contributed by atoms with Crippen LogP contribution in [0.1, 0.15) is 45.4 Å². The first kappa shape index (κ1) is 9.17. The molecule has 2 bridgehead atoms. The second-order valence-corrected chi connectivity index (χ2v) is 5.84. The third kappa shape index (κ3) is 1.49. The van der Waals surface area contributed by atoms with E-state index in [0.29, 0.717) is 5.54 Å². The van der Waals surface area contributed by atoms with Crippen molar-refractivity contribution in [3.8, 4) is 0 Å². The lowest BCUT2D eigenvalue weighted by atomic mass is 9.78. The fourth-order valence-electron chi connectivity index (χ4n) is 3.42. The largest absolute Gasteiger partial charge is 0.311 e. The van der Waals surface area contributed by atoms with Gasteiger partial charge in [0.1, 0.15) is 0 Å². The van der Waals surface area contributed by atoms with Crippen LogP contribution in [0.4, 0.5) is 0 Å². The third-order valence-corrected chi connectivity index (χ3v) is 4.68. The standard InChI is InChI=1S/C12H22N2/c1-12(5-2-6-12)13-8-9-7-10-3-4-11(9)14-10/h9-11,13-14H,2-8H2,1H3. The van der Waals surface area contributed by atoms with E-state index in [1.807, 2.05) is 0 Å². The van der Waals surface area contributed by atoms with E-state index in [-0.39, 0.29) is 0 Å². The molecule has 14 heavy (non-hydrogen) atoms. The van der Waals surface area contributed by atoms with Gasteiger partial charge in [-0.2, -0.15) is 0 Å². The Kier molecular flexibility index (Phi) is 2.10. The van der Waals surface area contributed by atoms with Gasteiger partial charge in [0.2, 0.25) is 0 Å². The highest BCUT2D eigenvalue weighted by molar-refractivity contribution is 5.00. The Hall–Kier alpha value is -0.0800. The summed E-state index contributed by atoms with van der Waals surface area (Å²) in [5.41, 5.74) is 0.502.